The summed E-state index contributed by atoms with van der Waals surface area (Å²) in [6.07, 6.45) is 0.255. The van der Waals surface area contributed by atoms with E-state index in [1.165, 1.54) is 9.58 Å². The van der Waals surface area contributed by atoms with Crippen molar-refractivity contribution in [2.45, 2.75) is 26.3 Å². The molecule has 0 aliphatic carbocycles. The molecular formula is C20H20ClN5O3. The molecule has 29 heavy (non-hydrogen) atoms. The second kappa shape index (κ2) is 10.8. The van der Waals surface area contributed by atoms with Crippen LogP contribution in [0.15, 0.2) is 30.3 Å². The molecule has 1 amide bonds. The van der Waals surface area contributed by atoms with E-state index in [-0.39, 0.29) is 36.6 Å². The molecule has 0 saturated heterocycles. The Balaban J connectivity index is 2.04. The average Bonchev–Trinajstić information content (AvgIpc) is 3.00. The standard InChI is InChI=1S/C20H20ClN5O3/c1-15-18(19(21)26(24-15)13-16-7-3-2-4-8-16)20(28)29-14-17(27)25(11-5-9-22)12-6-10-23/h2-4,7-8H,5-6,11-14H2,1H3. The number of ether oxygens (including phenoxy) is 1. The van der Waals surface area contributed by atoms with Gasteiger partial charge in [0.15, 0.2) is 6.61 Å². The van der Waals surface area contributed by atoms with Gasteiger partial charge in [-0.05, 0) is 12.5 Å². The predicted molar refractivity (Wildman–Crippen MR) is 105 cm³/mol. The van der Waals surface area contributed by atoms with Crippen LogP contribution in [0.2, 0.25) is 5.15 Å². The number of hydrogen-bond donors (Lipinski definition) is 0. The molecule has 0 aliphatic heterocycles. The quantitative estimate of drug-likeness (QED) is 0.584. The van der Waals surface area contributed by atoms with E-state index in [2.05, 4.69) is 5.10 Å². The minimum Gasteiger partial charge on any atom is -0.452 e. The smallest absolute Gasteiger partial charge is 0.343 e. The number of esters is 1. The van der Waals surface area contributed by atoms with Gasteiger partial charge in [0.2, 0.25) is 0 Å². The van der Waals surface area contributed by atoms with Crippen LogP contribution in [-0.2, 0) is 16.1 Å². The number of aromatic nitrogens is 2. The highest BCUT2D eigenvalue weighted by Gasteiger charge is 2.23. The van der Waals surface area contributed by atoms with E-state index < -0.39 is 18.5 Å². The lowest BCUT2D eigenvalue weighted by molar-refractivity contribution is -0.134. The number of amides is 1. The predicted octanol–water partition coefficient (Wildman–Crippen LogP) is 2.71. The van der Waals surface area contributed by atoms with Gasteiger partial charge in [-0.25, -0.2) is 9.48 Å². The molecule has 0 fully saturated rings. The fraction of sp³-hybridized carbons (Fsp3) is 0.350. The molecule has 8 nitrogen and oxygen atoms in total. The number of carbonyl (C=O) groups is 2. The summed E-state index contributed by atoms with van der Waals surface area (Å²) in [4.78, 5) is 26.1. The Bertz CT molecular complexity index is 926. The lowest BCUT2D eigenvalue weighted by Crippen LogP contribution is -2.36. The minimum absolute atomic E-state index is 0.107. The van der Waals surface area contributed by atoms with Crippen molar-refractivity contribution in [3.8, 4) is 12.1 Å². The summed E-state index contributed by atoms with van der Waals surface area (Å²) in [7, 11) is 0. The van der Waals surface area contributed by atoms with E-state index >= 15 is 0 Å². The van der Waals surface area contributed by atoms with Crippen LogP contribution in [0.1, 0.15) is 34.5 Å². The van der Waals surface area contributed by atoms with Crippen LogP contribution in [0.3, 0.4) is 0 Å². The van der Waals surface area contributed by atoms with E-state index in [4.69, 9.17) is 26.9 Å². The van der Waals surface area contributed by atoms with E-state index in [9.17, 15) is 9.59 Å². The Morgan fingerprint density at radius 1 is 1.17 bits per heavy atom. The van der Waals surface area contributed by atoms with E-state index in [0.29, 0.717) is 12.2 Å². The molecule has 2 rings (SSSR count). The van der Waals surface area contributed by atoms with Gasteiger partial charge < -0.3 is 9.64 Å². The first-order valence-corrected chi connectivity index (χ1v) is 9.31. The van der Waals surface area contributed by atoms with Gasteiger partial charge in [0.05, 0.1) is 37.2 Å². The lowest BCUT2D eigenvalue weighted by atomic mass is 10.2. The molecular weight excluding hydrogens is 394 g/mol. The molecule has 0 aliphatic rings. The van der Waals surface area contributed by atoms with Crippen molar-refractivity contribution in [1.29, 1.82) is 10.5 Å². The number of rotatable bonds is 9. The van der Waals surface area contributed by atoms with E-state index in [1.54, 1.807) is 6.92 Å². The number of carbonyl (C=O) groups excluding carboxylic acids is 2. The normalized spacial score (nSPS) is 10.1. The maximum atomic E-state index is 12.5. The largest absolute Gasteiger partial charge is 0.452 e. The molecule has 0 unspecified atom stereocenters. The lowest BCUT2D eigenvalue weighted by Gasteiger charge is -2.20. The van der Waals surface area contributed by atoms with Crippen molar-refractivity contribution >= 4 is 23.5 Å². The van der Waals surface area contributed by atoms with Gasteiger partial charge in [-0.3, -0.25) is 4.79 Å². The zero-order valence-electron chi connectivity index (χ0n) is 16.0. The number of nitriles is 2. The molecule has 0 atom stereocenters. The molecule has 0 spiro atoms. The molecule has 0 saturated carbocycles. The van der Waals surface area contributed by atoms with Crippen LogP contribution in [0.4, 0.5) is 0 Å². The van der Waals surface area contributed by atoms with Gasteiger partial charge in [0, 0.05) is 13.1 Å². The summed E-state index contributed by atoms with van der Waals surface area (Å²) < 4.78 is 6.62. The monoisotopic (exact) mass is 413 g/mol. The summed E-state index contributed by atoms with van der Waals surface area (Å²) in [6.45, 7) is 1.86. The van der Waals surface area contributed by atoms with Crippen molar-refractivity contribution in [2.24, 2.45) is 0 Å². The third-order valence-corrected chi connectivity index (χ3v) is 4.50. The summed E-state index contributed by atoms with van der Waals surface area (Å²) in [5, 5.41) is 21.8. The molecule has 2 aromatic rings. The van der Waals surface area contributed by atoms with Crippen molar-refractivity contribution < 1.29 is 14.3 Å². The molecule has 0 bridgehead atoms. The van der Waals surface area contributed by atoms with Crippen molar-refractivity contribution in [3.63, 3.8) is 0 Å². The number of nitrogens with zero attached hydrogens (tertiary/aromatic N) is 5. The van der Waals surface area contributed by atoms with Gasteiger partial charge in [-0.2, -0.15) is 15.6 Å². The van der Waals surface area contributed by atoms with Gasteiger partial charge >= 0.3 is 5.97 Å². The first-order chi connectivity index (χ1) is 14.0. The molecule has 9 heteroatoms. The van der Waals surface area contributed by atoms with Crippen LogP contribution in [-0.4, -0.2) is 46.3 Å². The van der Waals surface area contributed by atoms with Gasteiger partial charge in [-0.15, -0.1) is 0 Å². The fourth-order valence-electron chi connectivity index (χ4n) is 2.67. The Morgan fingerprint density at radius 2 is 1.79 bits per heavy atom. The number of benzene rings is 1. The van der Waals surface area contributed by atoms with E-state index in [0.717, 1.165) is 5.56 Å². The Hall–Kier alpha value is -3.36. The maximum Gasteiger partial charge on any atom is 0.343 e. The first-order valence-electron chi connectivity index (χ1n) is 8.93. The van der Waals surface area contributed by atoms with Crippen molar-refractivity contribution in [1.82, 2.24) is 14.7 Å². The van der Waals surface area contributed by atoms with Crippen molar-refractivity contribution in [3.05, 3.63) is 52.3 Å². The summed E-state index contributed by atoms with van der Waals surface area (Å²) in [5.74, 6) is -1.23. The summed E-state index contributed by atoms with van der Waals surface area (Å²) in [5.41, 5.74) is 1.47. The maximum absolute atomic E-state index is 12.5. The third-order valence-electron chi connectivity index (χ3n) is 4.11. The molecule has 150 valence electrons. The second-order valence-corrected chi connectivity index (χ2v) is 6.53. The van der Waals surface area contributed by atoms with Gasteiger partial charge in [-0.1, -0.05) is 41.9 Å². The molecule has 0 N–H and O–H groups in total. The van der Waals surface area contributed by atoms with Crippen LogP contribution < -0.4 is 0 Å². The van der Waals surface area contributed by atoms with Crippen molar-refractivity contribution in [2.75, 3.05) is 19.7 Å². The Labute approximate surface area is 173 Å². The third kappa shape index (κ3) is 6.06. The zero-order chi connectivity index (χ0) is 21.2. The second-order valence-electron chi connectivity index (χ2n) is 6.17. The minimum atomic E-state index is -0.749. The molecule has 1 aromatic heterocycles. The number of halogens is 1. The summed E-state index contributed by atoms with van der Waals surface area (Å²) in [6, 6.07) is 13.4. The summed E-state index contributed by atoms with van der Waals surface area (Å²) >= 11 is 6.32. The Morgan fingerprint density at radius 3 is 2.38 bits per heavy atom. The topological polar surface area (TPSA) is 112 Å². The SMILES string of the molecule is Cc1nn(Cc2ccccc2)c(Cl)c1C(=O)OCC(=O)N(CCC#N)CCC#N. The van der Waals surface area contributed by atoms with Crippen LogP contribution in [0.25, 0.3) is 0 Å². The fourth-order valence-corrected chi connectivity index (χ4v) is 2.98. The van der Waals surface area contributed by atoms with Gasteiger partial charge in [0.1, 0.15) is 10.7 Å². The number of aryl methyl sites for hydroxylation is 1. The van der Waals surface area contributed by atoms with E-state index in [1.807, 2.05) is 42.5 Å². The van der Waals surface area contributed by atoms with Crippen LogP contribution >= 0.6 is 11.6 Å². The number of hydrogen-bond acceptors (Lipinski definition) is 6. The Kier molecular flexibility index (Phi) is 8.20. The van der Waals surface area contributed by atoms with Crippen LogP contribution in [0, 0.1) is 29.6 Å². The average molecular weight is 414 g/mol. The van der Waals surface area contributed by atoms with Gasteiger partial charge in [0.25, 0.3) is 5.91 Å². The zero-order valence-corrected chi connectivity index (χ0v) is 16.7. The highest BCUT2D eigenvalue weighted by Crippen LogP contribution is 2.22. The van der Waals surface area contributed by atoms with Crippen LogP contribution in [0.5, 0.6) is 0 Å². The molecule has 0 radical (unpaired) electrons. The highest BCUT2D eigenvalue weighted by molar-refractivity contribution is 6.32. The highest BCUT2D eigenvalue weighted by atomic mass is 35.5. The molecule has 1 heterocycles. The first kappa shape index (κ1) is 21.9. The molecule has 1 aromatic carbocycles.